The first-order valence-electron chi connectivity index (χ1n) is 31.7. The van der Waals surface area contributed by atoms with Crippen LogP contribution in [0.5, 0.6) is 0 Å². The van der Waals surface area contributed by atoms with Gasteiger partial charge < -0.3 is 9.80 Å². The summed E-state index contributed by atoms with van der Waals surface area (Å²) in [6, 6.07) is 79.4. The lowest BCUT2D eigenvalue weighted by molar-refractivity contribution is 0.602. The van der Waals surface area contributed by atoms with Crippen LogP contribution in [0.15, 0.2) is 229 Å². The molecule has 0 heterocycles. The van der Waals surface area contributed by atoms with Gasteiger partial charge in [-0.1, -0.05) is 212 Å². The molecule has 83 heavy (non-hydrogen) atoms. The van der Waals surface area contributed by atoms with Gasteiger partial charge in [-0.25, -0.2) is 0 Å². The second kappa shape index (κ2) is 23.9. The Hall–Kier alpha value is -8.20. The molecule has 0 atom stereocenters. The third-order valence-electron chi connectivity index (χ3n) is 19.2. The molecule has 5 aliphatic carbocycles. The molecule has 412 valence electrons. The van der Waals surface area contributed by atoms with E-state index in [4.69, 9.17) is 0 Å². The summed E-state index contributed by atoms with van der Waals surface area (Å²) in [5, 5.41) is 2.57. The van der Waals surface area contributed by atoms with E-state index in [2.05, 4.69) is 240 Å². The van der Waals surface area contributed by atoms with Crippen LogP contribution in [0.4, 0.5) is 34.1 Å². The first-order valence-corrected chi connectivity index (χ1v) is 31.7. The predicted octanol–water partition coefficient (Wildman–Crippen LogP) is 23.5. The topological polar surface area (TPSA) is 6.48 Å². The monoisotopic (exact) mass is 1080 g/mol. The van der Waals surface area contributed by atoms with E-state index < -0.39 is 5.41 Å². The highest BCUT2D eigenvalue weighted by Gasteiger charge is 2.46. The van der Waals surface area contributed by atoms with Crippen LogP contribution in [0, 0.1) is 0 Å². The van der Waals surface area contributed by atoms with Crippen LogP contribution in [-0.4, -0.2) is 0 Å². The minimum absolute atomic E-state index is 0.572. The molecule has 0 amide bonds. The van der Waals surface area contributed by atoms with Gasteiger partial charge in [-0.15, -0.1) is 0 Å². The summed E-state index contributed by atoms with van der Waals surface area (Å²) in [4.78, 5) is 4.96. The van der Waals surface area contributed by atoms with E-state index in [1.807, 2.05) is 0 Å². The fraction of sp³-hybridized carbons (Fsp3) is 0.259. The zero-order chi connectivity index (χ0) is 55.4. The number of fused-ring (bicyclic) bond motifs is 4. The molecule has 0 spiro atoms. The van der Waals surface area contributed by atoms with Gasteiger partial charge in [-0.2, -0.15) is 0 Å². The van der Waals surface area contributed by atoms with Gasteiger partial charge in [0.25, 0.3) is 0 Å². The number of hydrogen-bond acceptors (Lipinski definition) is 2. The Kier molecular flexibility index (Phi) is 15.2. The molecule has 0 aliphatic heterocycles. The first kappa shape index (κ1) is 52.8. The molecule has 9 aromatic rings. The van der Waals surface area contributed by atoms with Crippen molar-refractivity contribution in [2.24, 2.45) is 0 Å². The number of rotatable bonds is 12. The van der Waals surface area contributed by atoms with Crippen molar-refractivity contribution in [1.82, 2.24) is 0 Å². The Morgan fingerprint density at radius 3 is 0.988 bits per heavy atom. The fourth-order valence-corrected chi connectivity index (χ4v) is 14.9. The van der Waals surface area contributed by atoms with E-state index in [0.717, 1.165) is 28.4 Å². The molecule has 14 rings (SSSR count). The lowest BCUT2D eigenvalue weighted by atomic mass is 9.67. The van der Waals surface area contributed by atoms with Crippen molar-refractivity contribution in [2.45, 2.75) is 134 Å². The Morgan fingerprint density at radius 1 is 0.265 bits per heavy atom. The Bertz CT molecular complexity index is 3740. The SMILES string of the molecule is C(=C1CCCCC1)c1ccc(N(c2ccc(C=C3CCCCC3)cc2)c2ccc(C3(c4ccc(N(c5ccc(C=C6CCCCC6)cc5)c5ccc(C=C6CCCCC6)c6ccccc56)cc4)c4ccccc4-c4ccccc43)cc2)cc1. The van der Waals surface area contributed by atoms with Crippen LogP contribution in [-0.2, 0) is 5.41 Å². The smallest absolute Gasteiger partial charge is 0.0713 e. The van der Waals surface area contributed by atoms with Gasteiger partial charge >= 0.3 is 0 Å². The van der Waals surface area contributed by atoms with Crippen LogP contribution in [0.2, 0.25) is 0 Å². The maximum Gasteiger partial charge on any atom is 0.0713 e. The zero-order valence-electron chi connectivity index (χ0n) is 48.5. The minimum Gasteiger partial charge on any atom is -0.311 e. The molecule has 4 fully saturated rings. The van der Waals surface area contributed by atoms with E-state index >= 15 is 0 Å². The van der Waals surface area contributed by atoms with Gasteiger partial charge in [0.1, 0.15) is 0 Å². The van der Waals surface area contributed by atoms with Crippen molar-refractivity contribution >= 4 is 69.2 Å². The van der Waals surface area contributed by atoms with E-state index in [1.54, 1.807) is 22.3 Å². The van der Waals surface area contributed by atoms with Crippen molar-refractivity contribution in [2.75, 3.05) is 9.80 Å². The van der Waals surface area contributed by atoms with Crippen LogP contribution < -0.4 is 9.80 Å². The molecule has 9 aromatic carbocycles. The summed E-state index contributed by atoms with van der Waals surface area (Å²) in [6.45, 7) is 0. The first-order chi connectivity index (χ1) is 41.1. The van der Waals surface area contributed by atoms with Crippen molar-refractivity contribution in [3.05, 3.63) is 273 Å². The van der Waals surface area contributed by atoms with E-state index in [9.17, 15) is 0 Å². The van der Waals surface area contributed by atoms with Gasteiger partial charge in [0.15, 0.2) is 0 Å². The second-order valence-electron chi connectivity index (χ2n) is 24.6. The molecular weight excluding hydrogens is 1000 g/mol. The predicted molar refractivity (Wildman–Crippen MR) is 355 cm³/mol. The highest BCUT2D eigenvalue weighted by molar-refractivity contribution is 6.03. The van der Waals surface area contributed by atoms with E-state index in [1.165, 1.54) is 201 Å². The highest BCUT2D eigenvalue weighted by atomic mass is 15.1. The molecule has 2 heteroatoms. The third kappa shape index (κ3) is 10.8. The number of allylic oxidation sites excluding steroid dienone is 4. The maximum absolute atomic E-state index is 2.51. The summed E-state index contributed by atoms with van der Waals surface area (Å²) in [5.41, 5.74) is 25.6. The Balaban J connectivity index is 0.878. The molecule has 0 radical (unpaired) electrons. The molecule has 2 nitrogen and oxygen atoms in total. The summed E-state index contributed by atoms with van der Waals surface area (Å²) < 4.78 is 0. The molecule has 5 aliphatic rings. The van der Waals surface area contributed by atoms with Crippen molar-refractivity contribution < 1.29 is 0 Å². The maximum atomic E-state index is 2.51. The summed E-state index contributed by atoms with van der Waals surface area (Å²) in [6.07, 6.45) is 35.4. The standard InChI is InChI=1S/C81H78N2/c1-5-19-59(20-6-1)55-63-33-44-69(45-34-63)82(70-46-35-64(36-47-70)56-60-21-7-2-8-22-60)71-50-40-67(41-51-71)81(78-31-17-15-28-75(78)76-29-16-18-32-79(76)81)68-42-52-73(53-43-68)83(72-48-37-65(38-49-72)57-61-23-9-3-10-24-61)80-54-39-66(58-62-25-11-4-12-26-62)74-27-13-14-30-77(74)80/h13-18,27-58H,1-12,19-26H2. The second-order valence-corrected chi connectivity index (χ2v) is 24.6. The van der Waals surface area contributed by atoms with Gasteiger partial charge in [0.05, 0.1) is 11.1 Å². The van der Waals surface area contributed by atoms with Crippen LogP contribution in [0.25, 0.3) is 46.2 Å². The lowest BCUT2D eigenvalue weighted by Gasteiger charge is -2.35. The van der Waals surface area contributed by atoms with Crippen LogP contribution in [0.3, 0.4) is 0 Å². The molecule has 0 saturated heterocycles. The molecule has 0 unspecified atom stereocenters. The summed E-state index contributed by atoms with van der Waals surface area (Å²) in [7, 11) is 0. The third-order valence-corrected chi connectivity index (χ3v) is 19.2. The van der Waals surface area contributed by atoms with E-state index in [-0.39, 0.29) is 0 Å². The van der Waals surface area contributed by atoms with Crippen molar-refractivity contribution in [1.29, 1.82) is 0 Å². The molecule has 0 N–H and O–H groups in total. The average molecular weight is 1080 g/mol. The molecular formula is C81H78N2. The minimum atomic E-state index is -0.572. The zero-order valence-corrected chi connectivity index (χ0v) is 48.5. The summed E-state index contributed by atoms with van der Waals surface area (Å²) in [5.74, 6) is 0. The lowest BCUT2D eigenvalue weighted by Crippen LogP contribution is -2.28. The largest absolute Gasteiger partial charge is 0.311 e. The quantitative estimate of drug-likeness (QED) is 0.120. The Morgan fingerprint density at radius 2 is 0.590 bits per heavy atom. The summed E-state index contributed by atoms with van der Waals surface area (Å²) >= 11 is 0. The van der Waals surface area contributed by atoms with Crippen molar-refractivity contribution in [3.8, 4) is 11.1 Å². The van der Waals surface area contributed by atoms with E-state index in [0.29, 0.717) is 0 Å². The highest BCUT2D eigenvalue weighted by Crippen LogP contribution is 2.57. The Labute approximate surface area is 494 Å². The van der Waals surface area contributed by atoms with Crippen molar-refractivity contribution in [3.63, 3.8) is 0 Å². The molecule has 0 bridgehead atoms. The number of nitrogens with zero attached hydrogens (tertiary/aromatic N) is 2. The van der Waals surface area contributed by atoms with Crippen LogP contribution >= 0.6 is 0 Å². The average Bonchev–Trinajstić information content (AvgIpc) is 2.69. The molecule has 0 aromatic heterocycles. The number of anilines is 6. The number of hydrogen-bond donors (Lipinski definition) is 0. The normalized spacial score (nSPS) is 16.7. The van der Waals surface area contributed by atoms with Gasteiger partial charge in [0.2, 0.25) is 0 Å². The van der Waals surface area contributed by atoms with Gasteiger partial charge in [-0.3, -0.25) is 0 Å². The van der Waals surface area contributed by atoms with Gasteiger partial charge in [-0.05, 0) is 230 Å². The fourth-order valence-electron chi connectivity index (χ4n) is 14.9. The number of benzene rings is 9. The molecule has 4 saturated carbocycles. The van der Waals surface area contributed by atoms with Crippen LogP contribution in [0.1, 0.15) is 173 Å². The van der Waals surface area contributed by atoms with Gasteiger partial charge in [0, 0.05) is 33.8 Å².